The van der Waals surface area contributed by atoms with E-state index in [0.717, 1.165) is 43.5 Å². The van der Waals surface area contributed by atoms with E-state index in [1.165, 1.54) is 0 Å². The minimum Gasteiger partial charge on any atom is -0.494 e. The molecular formula is C34H47N3O6. The van der Waals surface area contributed by atoms with Crippen LogP contribution in [0.2, 0.25) is 0 Å². The summed E-state index contributed by atoms with van der Waals surface area (Å²) in [6, 6.07) is 6.61. The van der Waals surface area contributed by atoms with Gasteiger partial charge in [-0.05, 0) is 57.4 Å². The van der Waals surface area contributed by atoms with Gasteiger partial charge in [0.1, 0.15) is 17.4 Å². The van der Waals surface area contributed by atoms with Gasteiger partial charge in [0.2, 0.25) is 17.7 Å². The Labute approximate surface area is 255 Å². The number of benzene rings is 1. The first-order chi connectivity index (χ1) is 20.8. The van der Waals surface area contributed by atoms with Crippen LogP contribution >= 0.6 is 0 Å². The number of amides is 3. The Balaban J connectivity index is 1.50. The number of nitrogens with zero attached hydrogens (tertiary/aromatic N) is 3. The number of aliphatic hydroxyl groups excluding tert-OH is 1. The fourth-order valence-corrected chi connectivity index (χ4v) is 7.43. The zero-order chi connectivity index (χ0) is 30.6. The maximum atomic E-state index is 14.5. The van der Waals surface area contributed by atoms with Crippen LogP contribution in [-0.2, 0) is 19.1 Å². The zero-order valence-electron chi connectivity index (χ0n) is 25.9. The van der Waals surface area contributed by atoms with Gasteiger partial charge in [-0.2, -0.15) is 0 Å². The minimum absolute atomic E-state index is 0.104. The highest BCUT2D eigenvalue weighted by atomic mass is 16.5. The van der Waals surface area contributed by atoms with Gasteiger partial charge in [-0.15, -0.1) is 0 Å². The average Bonchev–Trinajstić information content (AvgIpc) is 3.26. The van der Waals surface area contributed by atoms with E-state index in [0.29, 0.717) is 45.6 Å². The van der Waals surface area contributed by atoms with Crippen molar-refractivity contribution < 1.29 is 29.0 Å². The van der Waals surface area contributed by atoms with E-state index in [4.69, 9.17) is 9.47 Å². The number of aliphatic hydroxyl groups is 1. The number of unbranched alkanes of at least 4 members (excludes halogenated alkanes) is 5. The largest absolute Gasteiger partial charge is 0.494 e. The van der Waals surface area contributed by atoms with Crippen molar-refractivity contribution in [3.63, 3.8) is 0 Å². The van der Waals surface area contributed by atoms with Gasteiger partial charge in [-0.25, -0.2) is 0 Å². The summed E-state index contributed by atoms with van der Waals surface area (Å²) in [6.07, 6.45) is 13.8. The van der Waals surface area contributed by atoms with Gasteiger partial charge in [0.15, 0.2) is 0 Å². The fraction of sp³-hybridized carbons (Fsp3) is 0.618. The fourth-order valence-electron chi connectivity index (χ4n) is 7.43. The summed E-state index contributed by atoms with van der Waals surface area (Å²) in [5.41, 5.74) is -1.56. The first-order valence-corrected chi connectivity index (χ1v) is 16.1. The molecule has 5 atom stereocenters. The Morgan fingerprint density at radius 1 is 0.860 bits per heavy atom. The molecule has 3 amide bonds. The monoisotopic (exact) mass is 593 g/mol. The number of ether oxygens (including phenoxy) is 2. The number of hydrogen-bond acceptors (Lipinski definition) is 6. The summed E-state index contributed by atoms with van der Waals surface area (Å²) in [5.74, 6) is -1.37. The highest BCUT2D eigenvalue weighted by molar-refractivity contribution is 6.04. The van der Waals surface area contributed by atoms with Crippen molar-refractivity contribution in [1.82, 2.24) is 9.80 Å². The smallest absolute Gasteiger partial charge is 0.249 e. The molecule has 9 heteroatoms. The maximum Gasteiger partial charge on any atom is 0.249 e. The molecule has 0 aliphatic carbocycles. The molecule has 0 radical (unpaired) electrons. The van der Waals surface area contributed by atoms with Crippen LogP contribution in [0, 0.1) is 11.8 Å². The summed E-state index contributed by atoms with van der Waals surface area (Å²) in [6.45, 7) is 8.48. The molecule has 4 aliphatic rings. The lowest BCUT2D eigenvalue weighted by Crippen LogP contribution is -2.56. The minimum atomic E-state index is -1.24. The van der Waals surface area contributed by atoms with E-state index in [2.05, 4.69) is 6.92 Å². The van der Waals surface area contributed by atoms with Crippen LogP contribution in [0.25, 0.3) is 0 Å². The summed E-state index contributed by atoms with van der Waals surface area (Å²) >= 11 is 0. The molecule has 1 aromatic carbocycles. The molecule has 2 saturated heterocycles. The molecule has 43 heavy (non-hydrogen) atoms. The van der Waals surface area contributed by atoms with Gasteiger partial charge < -0.3 is 29.3 Å². The molecule has 1 unspecified atom stereocenters. The Kier molecular flexibility index (Phi) is 9.61. The van der Waals surface area contributed by atoms with Crippen LogP contribution in [-0.4, -0.2) is 89.3 Å². The number of fused-ring (bicyclic) bond motifs is 2. The van der Waals surface area contributed by atoms with Crippen LogP contribution < -0.4 is 9.64 Å². The lowest BCUT2D eigenvalue weighted by molar-refractivity contribution is -0.151. The molecule has 4 heterocycles. The predicted molar refractivity (Wildman–Crippen MR) is 165 cm³/mol. The first-order valence-electron chi connectivity index (χ1n) is 16.1. The third kappa shape index (κ3) is 5.74. The quantitative estimate of drug-likeness (QED) is 0.273. The van der Waals surface area contributed by atoms with Gasteiger partial charge in [-0.3, -0.25) is 14.4 Å². The van der Waals surface area contributed by atoms with E-state index in [1.54, 1.807) is 9.80 Å². The summed E-state index contributed by atoms with van der Waals surface area (Å²) in [5, 5.41) is 9.20. The highest BCUT2D eigenvalue weighted by Gasteiger charge is 2.74. The zero-order valence-corrected chi connectivity index (χ0v) is 25.9. The molecule has 2 fully saturated rings. The number of anilines is 1. The molecule has 0 saturated carbocycles. The van der Waals surface area contributed by atoms with Gasteiger partial charge >= 0.3 is 0 Å². The molecule has 9 nitrogen and oxygen atoms in total. The molecule has 5 rings (SSSR count). The van der Waals surface area contributed by atoms with Crippen LogP contribution in [0.15, 0.2) is 48.6 Å². The van der Waals surface area contributed by atoms with E-state index >= 15 is 0 Å². The molecule has 1 spiro atoms. The lowest BCUT2D eigenvalue weighted by Gasteiger charge is -2.37. The van der Waals surface area contributed by atoms with E-state index in [-0.39, 0.29) is 24.3 Å². The van der Waals surface area contributed by atoms with Crippen molar-refractivity contribution in [2.75, 3.05) is 44.3 Å². The van der Waals surface area contributed by atoms with Crippen molar-refractivity contribution in [2.45, 2.75) is 83.0 Å². The molecular weight excluding hydrogens is 546 g/mol. The van der Waals surface area contributed by atoms with Gasteiger partial charge in [-0.1, -0.05) is 56.9 Å². The second-order valence-electron chi connectivity index (χ2n) is 12.3. The predicted octanol–water partition coefficient (Wildman–Crippen LogP) is 4.10. The lowest BCUT2D eigenvalue weighted by atomic mass is 9.74. The van der Waals surface area contributed by atoms with Gasteiger partial charge in [0.25, 0.3) is 0 Å². The van der Waals surface area contributed by atoms with Gasteiger partial charge in [0.05, 0.1) is 24.0 Å². The summed E-state index contributed by atoms with van der Waals surface area (Å²) in [7, 11) is 0. The Bertz CT molecular complexity index is 1230. The summed E-state index contributed by atoms with van der Waals surface area (Å²) in [4.78, 5) is 48.6. The average molecular weight is 594 g/mol. The van der Waals surface area contributed by atoms with Gasteiger partial charge in [0, 0.05) is 38.5 Å². The molecule has 0 bridgehead atoms. The van der Waals surface area contributed by atoms with E-state index in [9.17, 15) is 19.5 Å². The van der Waals surface area contributed by atoms with Crippen molar-refractivity contribution in [2.24, 2.45) is 11.8 Å². The van der Waals surface area contributed by atoms with E-state index in [1.807, 2.05) is 67.3 Å². The first kappa shape index (κ1) is 31.3. The third-order valence-corrected chi connectivity index (χ3v) is 9.44. The molecule has 1 aromatic rings. The van der Waals surface area contributed by atoms with Crippen molar-refractivity contribution in [3.8, 4) is 5.75 Å². The highest BCUT2D eigenvalue weighted by Crippen LogP contribution is 2.57. The van der Waals surface area contributed by atoms with Crippen molar-refractivity contribution >= 4 is 23.4 Å². The maximum absolute atomic E-state index is 14.5. The third-order valence-electron chi connectivity index (χ3n) is 9.44. The number of likely N-dealkylation sites (tertiary alicyclic amines) is 1. The summed E-state index contributed by atoms with van der Waals surface area (Å²) < 4.78 is 12.5. The molecule has 4 aliphatic heterocycles. The molecule has 234 valence electrons. The SMILES string of the molecule is CCCCCN1CC=C[C@]23O[C@@]4(C)C=CCN(c5ccc(OCC)cc5)C(=O)[C@H]4[C@H]2C(=O)N(CCCCCCO)C3C1=O. The van der Waals surface area contributed by atoms with Crippen molar-refractivity contribution in [1.29, 1.82) is 0 Å². The normalized spacial score (nSPS) is 29.9. The van der Waals surface area contributed by atoms with Crippen LogP contribution in [0.3, 0.4) is 0 Å². The van der Waals surface area contributed by atoms with Crippen LogP contribution in [0.1, 0.15) is 65.7 Å². The van der Waals surface area contributed by atoms with Crippen LogP contribution in [0.4, 0.5) is 5.69 Å². The van der Waals surface area contributed by atoms with Crippen LogP contribution in [0.5, 0.6) is 5.75 Å². The van der Waals surface area contributed by atoms with Crippen molar-refractivity contribution in [3.05, 3.63) is 48.6 Å². The Morgan fingerprint density at radius 3 is 2.30 bits per heavy atom. The standard InChI is InChI=1S/C34H47N3O6/c1-4-6-9-20-35-21-13-19-34-28(31(40)37(29(34)32(35)41)22-10-7-8-11-24-38)27-30(39)36(23-12-18-33(27,3)43-34)25-14-16-26(17-15-25)42-5-2/h12-19,27-29,38H,4-11,20-24H2,1-3H3/t27-,28+,29?,33+,34+/m1/s1. The number of carbonyl (C=O) groups excluding carboxylic acids is 3. The second kappa shape index (κ2) is 13.2. The number of hydrogen-bond donors (Lipinski definition) is 1. The number of carbonyl (C=O) groups is 3. The Morgan fingerprint density at radius 2 is 1.58 bits per heavy atom. The topological polar surface area (TPSA) is 99.6 Å². The second-order valence-corrected chi connectivity index (χ2v) is 12.3. The molecule has 1 N–H and O–H groups in total. The molecule has 0 aromatic heterocycles. The Hall–Kier alpha value is -3.17. The van der Waals surface area contributed by atoms with E-state index < -0.39 is 29.1 Å². The number of rotatable bonds is 13.